The Morgan fingerprint density at radius 2 is 1.81 bits per heavy atom. The first-order chi connectivity index (χ1) is 15.1. The van der Waals surface area contributed by atoms with E-state index in [1.165, 1.54) is 0 Å². The summed E-state index contributed by atoms with van der Waals surface area (Å²) in [5, 5.41) is 11.6. The Morgan fingerprint density at radius 1 is 1.10 bits per heavy atom. The number of nitrogens with one attached hydrogen (secondary N) is 1. The molecule has 2 fully saturated rings. The lowest BCUT2D eigenvalue weighted by Gasteiger charge is -2.29. The van der Waals surface area contributed by atoms with Crippen molar-refractivity contribution in [3.05, 3.63) is 63.9 Å². The number of ether oxygens (including phenoxy) is 1. The van der Waals surface area contributed by atoms with E-state index >= 15 is 0 Å². The molecule has 1 saturated carbocycles. The van der Waals surface area contributed by atoms with Gasteiger partial charge < -0.3 is 15.0 Å². The number of hydrogen-bond acceptors (Lipinski definition) is 5. The van der Waals surface area contributed by atoms with E-state index in [0.29, 0.717) is 11.6 Å². The van der Waals surface area contributed by atoms with Crippen LogP contribution in [0.3, 0.4) is 0 Å². The van der Waals surface area contributed by atoms with Gasteiger partial charge in [-0.3, -0.25) is 4.79 Å². The highest BCUT2D eigenvalue weighted by Crippen LogP contribution is 2.42. The Labute approximate surface area is 189 Å². The number of carbonyl (C=O) groups is 1. The summed E-state index contributed by atoms with van der Waals surface area (Å²) in [7, 11) is 0. The van der Waals surface area contributed by atoms with E-state index < -0.39 is 0 Å². The van der Waals surface area contributed by atoms with Gasteiger partial charge in [0.15, 0.2) is 5.69 Å². The molecular formula is C23H24BrN5O2. The van der Waals surface area contributed by atoms with Crippen LogP contribution in [0.1, 0.15) is 40.5 Å². The number of benzene rings is 2. The largest absolute Gasteiger partial charge is 0.378 e. The van der Waals surface area contributed by atoms with Gasteiger partial charge in [0.1, 0.15) is 0 Å². The standard InChI is InChI=1S/C23H24BrN5O2/c1-15-14-19(28-10-12-31-13-11-28)8-9-20(15)25-23(30)21-22(16-2-3-16)29(27-26-21)18-6-4-17(24)5-7-18/h4-9,14,16H,2-3,10-13H2,1H3,(H,25,30). The van der Waals surface area contributed by atoms with Crippen molar-refractivity contribution in [1.82, 2.24) is 15.0 Å². The Morgan fingerprint density at radius 3 is 2.48 bits per heavy atom. The van der Waals surface area contributed by atoms with Crippen LogP contribution in [0.2, 0.25) is 0 Å². The van der Waals surface area contributed by atoms with Crippen molar-refractivity contribution in [2.75, 3.05) is 36.5 Å². The van der Waals surface area contributed by atoms with E-state index in [9.17, 15) is 4.79 Å². The number of morpholine rings is 1. The van der Waals surface area contributed by atoms with Crippen LogP contribution in [0, 0.1) is 6.92 Å². The van der Waals surface area contributed by atoms with Crippen LogP contribution in [-0.2, 0) is 4.74 Å². The van der Waals surface area contributed by atoms with Crippen molar-refractivity contribution in [1.29, 1.82) is 0 Å². The molecule has 0 bridgehead atoms. The third kappa shape index (κ3) is 4.22. The van der Waals surface area contributed by atoms with E-state index in [2.05, 4.69) is 48.6 Å². The second kappa shape index (κ2) is 8.43. The lowest BCUT2D eigenvalue weighted by atomic mass is 10.1. The SMILES string of the molecule is Cc1cc(N2CCOCC2)ccc1NC(=O)c1nnn(-c2ccc(Br)cc2)c1C1CC1. The highest BCUT2D eigenvalue weighted by molar-refractivity contribution is 9.10. The van der Waals surface area contributed by atoms with Crippen molar-refractivity contribution in [2.45, 2.75) is 25.7 Å². The van der Waals surface area contributed by atoms with E-state index in [1.807, 2.05) is 37.3 Å². The Kier molecular flexibility index (Phi) is 5.50. The molecule has 160 valence electrons. The average Bonchev–Trinajstić information content (AvgIpc) is 3.54. The zero-order valence-corrected chi connectivity index (χ0v) is 18.9. The summed E-state index contributed by atoms with van der Waals surface area (Å²) in [5.74, 6) is 0.108. The Hall–Kier alpha value is -2.71. The predicted molar refractivity (Wildman–Crippen MR) is 123 cm³/mol. The van der Waals surface area contributed by atoms with Gasteiger partial charge in [0, 0.05) is 34.9 Å². The second-order valence-corrected chi connectivity index (χ2v) is 8.95. The quantitative estimate of drug-likeness (QED) is 0.587. The molecule has 0 atom stereocenters. The maximum absolute atomic E-state index is 13.1. The molecule has 31 heavy (non-hydrogen) atoms. The molecule has 2 heterocycles. The van der Waals surface area contributed by atoms with Crippen molar-refractivity contribution < 1.29 is 9.53 Å². The highest BCUT2D eigenvalue weighted by Gasteiger charge is 2.34. The summed E-state index contributed by atoms with van der Waals surface area (Å²) in [4.78, 5) is 15.4. The number of aromatic nitrogens is 3. The van der Waals surface area contributed by atoms with Crippen LogP contribution in [0.5, 0.6) is 0 Å². The van der Waals surface area contributed by atoms with Crippen LogP contribution in [0.4, 0.5) is 11.4 Å². The van der Waals surface area contributed by atoms with Crippen LogP contribution in [0.25, 0.3) is 5.69 Å². The normalized spacial score (nSPS) is 16.4. The average molecular weight is 482 g/mol. The summed E-state index contributed by atoms with van der Waals surface area (Å²) in [6, 6.07) is 14.0. The van der Waals surface area contributed by atoms with E-state index in [1.54, 1.807) is 4.68 Å². The first-order valence-corrected chi connectivity index (χ1v) is 11.4. The maximum atomic E-state index is 13.1. The van der Waals surface area contributed by atoms with E-state index in [0.717, 1.165) is 71.9 Å². The van der Waals surface area contributed by atoms with Crippen molar-refractivity contribution in [3.63, 3.8) is 0 Å². The zero-order valence-electron chi connectivity index (χ0n) is 17.3. The number of carbonyl (C=O) groups excluding carboxylic acids is 1. The molecule has 1 amide bonds. The van der Waals surface area contributed by atoms with Crippen molar-refractivity contribution >= 4 is 33.2 Å². The Balaban J connectivity index is 1.39. The van der Waals surface area contributed by atoms with Gasteiger partial charge >= 0.3 is 0 Å². The number of nitrogens with zero attached hydrogens (tertiary/aromatic N) is 4. The smallest absolute Gasteiger partial charge is 0.278 e. The van der Waals surface area contributed by atoms with E-state index in [4.69, 9.17) is 4.74 Å². The number of halogens is 1. The highest BCUT2D eigenvalue weighted by atomic mass is 79.9. The summed E-state index contributed by atoms with van der Waals surface area (Å²) in [6.45, 7) is 5.27. The van der Waals surface area contributed by atoms with Gasteiger partial charge in [0.25, 0.3) is 5.91 Å². The summed E-state index contributed by atoms with van der Waals surface area (Å²) in [5.41, 5.74) is 5.17. The topological polar surface area (TPSA) is 72.3 Å². The fourth-order valence-electron chi connectivity index (χ4n) is 3.93. The monoisotopic (exact) mass is 481 g/mol. The first-order valence-electron chi connectivity index (χ1n) is 10.6. The van der Waals surface area contributed by atoms with Gasteiger partial charge in [-0.05, 0) is 67.8 Å². The maximum Gasteiger partial charge on any atom is 0.278 e. The van der Waals surface area contributed by atoms with Gasteiger partial charge in [-0.15, -0.1) is 5.10 Å². The first kappa shape index (κ1) is 20.2. The minimum Gasteiger partial charge on any atom is -0.378 e. The number of rotatable bonds is 5. The van der Waals surface area contributed by atoms with E-state index in [-0.39, 0.29) is 5.91 Å². The molecule has 0 unspecified atom stereocenters. The van der Waals surface area contributed by atoms with Crippen LogP contribution in [-0.4, -0.2) is 47.2 Å². The number of hydrogen-bond donors (Lipinski definition) is 1. The minimum atomic E-state index is -0.215. The van der Waals surface area contributed by atoms with Gasteiger partial charge in [0.05, 0.1) is 24.6 Å². The van der Waals surface area contributed by atoms with Gasteiger partial charge in [-0.2, -0.15) is 0 Å². The molecule has 5 rings (SSSR count). The number of anilines is 2. The minimum absolute atomic E-state index is 0.215. The van der Waals surface area contributed by atoms with Gasteiger partial charge in [0.2, 0.25) is 0 Å². The van der Waals surface area contributed by atoms with Crippen molar-refractivity contribution in [2.24, 2.45) is 0 Å². The number of aryl methyl sites for hydroxylation is 1. The molecule has 2 aromatic carbocycles. The molecule has 3 aromatic rings. The fourth-order valence-corrected chi connectivity index (χ4v) is 4.20. The molecule has 1 N–H and O–H groups in total. The molecule has 1 saturated heterocycles. The Bertz CT molecular complexity index is 1100. The van der Waals surface area contributed by atoms with Gasteiger partial charge in [-0.25, -0.2) is 4.68 Å². The molecule has 1 aromatic heterocycles. The lowest BCUT2D eigenvalue weighted by Crippen LogP contribution is -2.36. The number of amides is 1. The zero-order chi connectivity index (χ0) is 21.4. The summed E-state index contributed by atoms with van der Waals surface area (Å²) >= 11 is 3.46. The van der Waals surface area contributed by atoms with Crippen LogP contribution in [0.15, 0.2) is 46.9 Å². The summed E-state index contributed by atoms with van der Waals surface area (Å²) in [6.07, 6.45) is 2.11. The van der Waals surface area contributed by atoms with Crippen LogP contribution >= 0.6 is 15.9 Å². The molecule has 1 aliphatic carbocycles. The molecule has 0 radical (unpaired) electrons. The van der Waals surface area contributed by atoms with Gasteiger partial charge in [-0.1, -0.05) is 21.1 Å². The molecular weight excluding hydrogens is 458 g/mol. The van der Waals surface area contributed by atoms with Crippen molar-refractivity contribution in [3.8, 4) is 5.69 Å². The molecule has 0 spiro atoms. The molecule has 1 aliphatic heterocycles. The molecule has 2 aliphatic rings. The fraction of sp³-hybridized carbons (Fsp3) is 0.348. The molecule has 8 heteroatoms. The summed E-state index contributed by atoms with van der Waals surface area (Å²) < 4.78 is 8.23. The van der Waals surface area contributed by atoms with Crippen LogP contribution < -0.4 is 10.2 Å². The molecule has 7 nitrogen and oxygen atoms in total. The lowest BCUT2D eigenvalue weighted by molar-refractivity contribution is 0.102. The third-order valence-corrected chi connectivity index (χ3v) is 6.32. The second-order valence-electron chi connectivity index (χ2n) is 8.04. The predicted octanol–water partition coefficient (Wildman–Crippen LogP) is 4.30. The third-order valence-electron chi connectivity index (χ3n) is 5.79.